The van der Waals surface area contributed by atoms with Crippen LogP contribution in [0.2, 0.25) is 0 Å². The van der Waals surface area contributed by atoms with E-state index >= 15 is 0 Å². The van der Waals surface area contributed by atoms with Gasteiger partial charge in [-0.1, -0.05) is 30.4 Å². The maximum Gasteiger partial charge on any atom is 0.416 e. The van der Waals surface area contributed by atoms with Crippen molar-refractivity contribution in [3.63, 3.8) is 0 Å². The van der Waals surface area contributed by atoms with Gasteiger partial charge in [0.15, 0.2) is 11.5 Å². The second kappa shape index (κ2) is 12.8. The number of likely N-dealkylation sites (N-methyl/N-ethyl adjacent to an activating group) is 1. The fourth-order valence-corrected chi connectivity index (χ4v) is 6.96. The predicted octanol–water partition coefficient (Wildman–Crippen LogP) is 7.49. The lowest BCUT2D eigenvalue weighted by atomic mass is 10.1. The quantitative estimate of drug-likeness (QED) is 0.161. The Kier molecular flexibility index (Phi) is 8.54. The van der Waals surface area contributed by atoms with E-state index in [9.17, 15) is 13.2 Å². The lowest BCUT2D eigenvalue weighted by Crippen LogP contribution is -2.46. The minimum absolute atomic E-state index is 0.250. The van der Waals surface area contributed by atoms with Crippen molar-refractivity contribution in [1.29, 1.82) is 0 Å². The van der Waals surface area contributed by atoms with Gasteiger partial charge in [-0.3, -0.25) is 0 Å². The number of ether oxygens (including phenoxy) is 3. The maximum absolute atomic E-state index is 13.3. The first-order chi connectivity index (χ1) is 23.2. The Morgan fingerprint density at radius 1 is 0.875 bits per heavy atom. The molecule has 0 amide bonds. The van der Waals surface area contributed by atoms with Crippen molar-refractivity contribution in [1.82, 2.24) is 24.6 Å². The van der Waals surface area contributed by atoms with E-state index in [0.717, 1.165) is 85.7 Å². The molecular formula is C34H36F3N7O3S. The predicted molar refractivity (Wildman–Crippen MR) is 181 cm³/mol. The molecule has 1 saturated carbocycles. The van der Waals surface area contributed by atoms with Gasteiger partial charge in [0, 0.05) is 43.3 Å². The van der Waals surface area contributed by atoms with E-state index in [-0.39, 0.29) is 6.04 Å². The molecule has 2 fully saturated rings. The fourth-order valence-electron chi connectivity index (χ4n) is 6.22. The highest BCUT2D eigenvalue weighted by molar-refractivity contribution is 7.18. The summed E-state index contributed by atoms with van der Waals surface area (Å²) in [4.78, 5) is 9.80. The van der Waals surface area contributed by atoms with E-state index in [1.807, 2.05) is 18.2 Å². The molecule has 1 aliphatic heterocycles. The second-order valence-electron chi connectivity index (χ2n) is 11.8. The molecule has 0 radical (unpaired) electrons. The lowest BCUT2D eigenvalue weighted by molar-refractivity contribution is -0.137. The van der Waals surface area contributed by atoms with Gasteiger partial charge < -0.3 is 33.9 Å². The number of aromatic nitrogens is 4. The van der Waals surface area contributed by atoms with Crippen LogP contribution in [0.5, 0.6) is 17.2 Å². The fraction of sp³-hybridized carbons (Fsp3) is 0.382. The highest BCUT2D eigenvalue weighted by Gasteiger charge is 2.32. The number of methoxy groups -OCH3 is 3. The van der Waals surface area contributed by atoms with Crippen molar-refractivity contribution in [3.8, 4) is 39.2 Å². The number of imidazole rings is 1. The zero-order valence-electron chi connectivity index (χ0n) is 27.1. The molecular weight excluding hydrogens is 643 g/mol. The Bertz CT molecular complexity index is 1910. The number of nitrogens with one attached hydrogen (secondary N) is 1. The smallest absolute Gasteiger partial charge is 0.416 e. The average Bonchev–Trinajstić information content (AvgIpc) is 3.71. The Morgan fingerprint density at radius 3 is 2.15 bits per heavy atom. The minimum atomic E-state index is -4.40. The van der Waals surface area contributed by atoms with Crippen LogP contribution in [-0.4, -0.2) is 78.7 Å². The molecule has 2 aromatic heterocycles. The number of benzene rings is 3. The molecule has 1 N–H and O–H groups in total. The van der Waals surface area contributed by atoms with E-state index in [1.165, 1.54) is 23.5 Å². The van der Waals surface area contributed by atoms with Gasteiger partial charge in [0.05, 0.1) is 49.3 Å². The van der Waals surface area contributed by atoms with Crippen LogP contribution in [0.4, 0.5) is 29.7 Å². The molecule has 0 spiro atoms. The molecule has 10 nitrogen and oxygen atoms in total. The van der Waals surface area contributed by atoms with Gasteiger partial charge in [0.1, 0.15) is 10.8 Å². The van der Waals surface area contributed by atoms with Crippen LogP contribution in [-0.2, 0) is 6.18 Å². The molecule has 2 aliphatic rings. The first kappa shape index (κ1) is 32.0. The zero-order valence-corrected chi connectivity index (χ0v) is 27.9. The number of hydrogen-bond donors (Lipinski definition) is 1. The number of alkyl halides is 3. The molecule has 3 heterocycles. The molecule has 5 aromatic rings. The summed E-state index contributed by atoms with van der Waals surface area (Å²) in [5, 5.41) is 13.7. The minimum Gasteiger partial charge on any atom is -0.493 e. The Morgan fingerprint density at radius 2 is 1.56 bits per heavy atom. The molecule has 0 unspecified atom stereocenters. The zero-order chi connectivity index (χ0) is 33.6. The van der Waals surface area contributed by atoms with Gasteiger partial charge in [0.25, 0.3) is 0 Å². The molecule has 0 bridgehead atoms. The summed E-state index contributed by atoms with van der Waals surface area (Å²) in [5.74, 6) is 2.20. The summed E-state index contributed by atoms with van der Waals surface area (Å²) >= 11 is 1.39. The first-order valence-electron chi connectivity index (χ1n) is 15.8. The van der Waals surface area contributed by atoms with Crippen LogP contribution in [0, 0.1) is 0 Å². The summed E-state index contributed by atoms with van der Waals surface area (Å²) in [6.45, 7) is 6.76. The lowest BCUT2D eigenvalue weighted by Gasteiger charge is -2.36. The molecule has 3 aromatic carbocycles. The Balaban J connectivity index is 1.29. The van der Waals surface area contributed by atoms with Gasteiger partial charge in [-0.05, 0) is 55.8 Å². The van der Waals surface area contributed by atoms with Gasteiger partial charge in [0.2, 0.25) is 10.9 Å². The van der Waals surface area contributed by atoms with Crippen LogP contribution in [0.1, 0.15) is 31.4 Å². The summed E-state index contributed by atoms with van der Waals surface area (Å²) in [5.41, 5.74) is 4.31. The van der Waals surface area contributed by atoms with Crippen LogP contribution >= 0.6 is 11.3 Å². The summed E-state index contributed by atoms with van der Waals surface area (Å²) in [6, 6.07) is 13.4. The number of rotatable bonds is 10. The standard InChI is InChI=1S/C34H36F3N7O3S/c1-5-42-12-14-43(15-13-42)26-19-27-25(38-31(44(27)23-10-11-23)20-6-8-22(9-7-20)34(35,36)37)18-24(26)39-33-41-40-32(48-33)21-16-28(45-2)30(47-4)29(17-21)46-3/h6-9,16-19,23H,5,10-15H2,1-4H3,(H,39,41). The van der Waals surface area contributed by atoms with Crippen molar-refractivity contribution < 1.29 is 27.4 Å². The van der Waals surface area contributed by atoms with Crippen LogP contribution < -0.4 is 24.4 Å². The summed E-state index contributed by atoms with van der Waals surface area (Å²) in [6.07, 6.45) is -2.40. The SMILES string of the molecule is CCN1CCN(c2cc3c(cc2Nc2nnc(-c4cc(OC)c(OC)c(OC)c4)s2)nc(-c2ccc(C(F)(F)F)cc2)n3C2CC2)CC1. The summed E-state index contributed by atoms with van der Waals surface area (Å²) in [7, 11) is 4.70. The van der Waals surface area contributed by atoms with Gasteiger partial charge in [-0.25, -0.2) is 4.98 Å². The molecule has 0 atom stereocenters. The van der Waals surface area contributed by atoms with Crippen molar-refractivity contribution in [2.45, 2.75) is 32.0 Å². The van der Waals surface area contributed by atoms with E-state index in [1.54, 1.807) is 21.3 Å². The third-order valence-corrected chi connectivity index (χ3v) is 9.82. The topological polar surface area (TPSA) is 89.8 Å². The molecule has 7 rings (SSSR count). The number of hydrogen-bond acceptors (Lipinski definition) is 10. The van der Waals surface area contributed by atoms with E-state index in [4.69, 9.17) is 19.2 Å². The second-order valence-corrected chi connectivity index (χ2v) is 12.8. The number of anilines is 3. The normalized spacial score (nSPS) is 15.6. The van der Waals surface area contributed by atoms with Gasteiger partial charge in [-0.2, -0.15) is 13.2 Å². The molecule has 14 heteroatoms. The molecule has 252 valence electrons. The maximum atomic E-state index is 13.3. The number of piperazine rings is 1. The van der Waals surface area contributed by atoms with Crippen molar-refractivity contribution in [2.75, 3.05) is 64.3 Å². The largest absolute Gasteiger partial charge is 0.493 e. The Hall–Kier alpha value is -4.56. The highest BCUT2D eigenvalue weighted by atomic mass is 32.1. The van der Waals surface area contributed by atoms with E-state index < -0.39 is 11.7 Å². The van der Waals surface area contributed by atoms with Gasteiger partial charge >= 0.3 is 6.18 Å². The molecule has 1 saturated heterocycles. The van der Waals surface area contributed by atoms with Crippen molar-refractivity contribution in [2.24, 2.45) is 0 Å². The number of nitrogens with zero attached hydrogens (tertiary/aromatic N) is 6. The van der Waals surface area contributed by atoms with E-state index in [2.05, 4.69) is 42.9 Å². The average molecular weight is 680 g/mol. The molecule has 48 heavy (non-hydrogen) atoms. The third-order valence-electron chi connectivity index (χ3n) is 8.93. The number of fused-ring (bicyclic) bond motifs is 1. The number of halogens is 3. The third kappa shape index (κ3) is 6.10. The summed E-state index contributed by atoms with van der Waals surface area (Å²) < 4.78 is 58.7. The van der Waals surface area contributed by atoms with Crippen LogP contribution in [0.3, 0.4) is 0 Å². The van der Waals surface area contributed by atoms with Crippen LogP contribution in [0.15, 0.2) is 48.5 Å². The van der Waals surface area contributed by atoms with Crippen LogP contribution in [0.25, 0.3) is 33.0 Å². The van der Waals surface area contributed by atoms with E-state index in [0.29, 0.717) is 38.8 Å². The van der Waals surface area contributed by atoms with Gasteiger partial charge in [-0.15, -0.1) is 10.2 Å². The van der Waals surface area contributed by atoms with Crippen molar-refractivity contribution >= 4 is 38.9 Å². The Labute approximate surface area is 280 Å². The van der Waals surface area contributed by atoms with Crippen molar-refractivity contribution in [3.05, 3.63) is 54.1 Å². The highest BCUT2D eigenvalue weighted by Crippen LogP contribution is 2.45. The molecule has 1 aliphatic carbocycles. The first-order valence-corrected chi connectivity index (χ1v) is 16.6. The monoisotopic (exact) mass is 679 g/mol.